The lowest BCUT2D eigenvalue weighted by Gasteiger charge is -2.21. The summed E-state index contributed by atoms with van der Waals surface area (Å²) in [5, 5.41) is 0. The van der Waals surface area contributed by atoms with Gasteiger partial charge in [0.1, 0.15) is 6.04 Å². The molecule has 88 valence electrons. The molecule has 0 aromatic carbocycles. The largest absolute Gasteiger partial charge is 0.468 e. The summed E-state index contributed by atoms with van der Waals surface area (Å²) in [5.74, 6) is 1.15. The minimum Gasteiger partial charge on any atom is -0.468 e. The number of carbonyl (C=O) groups is 1. The van der Waals surface area contributed by atoms with E-state index in [1.54, 1.807) is 6.08 Å². The van der Waals surface area contributed by atoms with Crippen molar-refractivity contribution in [3.63, 3.8) is 0 Å². The van der Waals surface area contributed by atoms with E-state index in [9.17, 15) is 4.79 Å². The smallest absolute Gasteiger partial charge is 0.326 e. The van der Waals surface area contributed by atoms with Crippen LogP contribution in [0.2, 0.25) is 0 Å². The van der Waals surface area contributed by atoms with Crippen LogP contribution in [0.4, 0.5) is 0 Å². The van der Waals surface area contributed by atoms with Crippen LogP contribution in [-0.2, 0) is 9.53 Å². The van der Waals surface area contributed by atoms with Crippen LogP contribution in [0.1, 0.15) is 27.7 Å². The van der Waals surface area contributed by atoms with Crippen molar-refractivity contribution in [2.75, 3.05) is 7.11 Å². The fourth-order valence-electron chi connectivity index (χ4n) is 1.68. The number of rotatable bonds is 5. The summed E-state index contributed by atoms with van der Waals surface area (Å²) >= 11 is 0. The van der Waals surface area contributed by atoms with E-state index in [2.05, 4.69) is 32.4 Å². The fraction of sp³-hybridized carbons (Fsp3) is 0.750. The van der Waals surface area contributed by atoms with Crippen molar-refractivity contribution in [3.05, 3.63) is 12.2 Å². The van der Waals surface area contributed by atoms with Crippen molar-refractivity contribution in [3.8, 4) is 0 Å². The van der Waals surface area contributed by atoms with Gasteiger partial charge < -0.3 is 10.5 Å². The first-order valence-electron chi connectivity index (χ1n) is 5.41. The summed E-state index contributed by atoms with van der Waals surface area (Å²) in [6.07, 6.45) is 3.76. The molecule has 0 aliphatic rings. The number of esters is 1. The van der Waals surface area contributed by atoms with Crippen molar-refractivity contribution in [1.29, 1.82) is 0 Å². The summed E-state index contributed by atoms with van der Waals surface area (Å²) in [7, 11) is 1.35. The van der Waals surface area contributed by atoms with Crippen LogP contribution in [-0.4, -0.2) is 19.1 Å². The van der Waals surface area contributed by atoms with Gasteiger partial charge in [0, 0.05) is 0 Å². The summed E-state index contributed by atoms with van der Waals surface area (Å²) in [6, 6.07) is -0.644. The van der Waals surface area contributed by atoms with Gasteiger partial charge in [-0.2, -0.15) is 0 Å². The molecule has 0 aromatic heterocycles. The lowest BCUT2D eigenvalue weighted by atomic mass is 9.85. The summed E-state index contributed by atoms with van der Waals surface area (Å²) in [5.41, 5.74) is 5.61. The minimum absolute atomic E-state index is 0.391. The van der Waals surface area contributed by atoms with Gasteiger partial charge in [-0.25, -0.2) is 0 Å². The Morgan fingerprint density at radius 2 is 1.60 bits per heavy atom. The molecule has 2 N–H and O–H groups in total. The number of hydrogen-bond donors (Lipinski definition) is 1. The van der Waals surface area contributed by atoms with E-state index in [0.717, 1.165) is 0 Å². The highest BCUT2D eigenvalue weighted by Gasteiger charge is 2.16. The van der Waals surface area contributed by atoms with Crippen LogP contribution >= 0.6 is 0 Å². The molecule has 0 radical (unpaired) electrons. The lowest BCUT2D eigenvalue weighted by Crippen LogP contribution is -2.29. The van der Waals surface area contributed by atoms with Crippen LogP contribution in [0.5, 0.6) is 0 Å². The molecule has 0 spiro atoms. The third kappa shape index (κ3) is 4.98. The molecule has 0 aliphatic heterocycles. The number of allylic oxidation sites excluding steroid dienone is 1. The van der Waals surface area contributed by atoms with Crippen molar-refractivity contribution in [1.82, 2.24) is 0 Å². The number of methoxy groups -OCH3 is 1. The molecular formula is C12H23NO2. The number of hydrogen-bond acceptors (Lipinski definition) is 3. The molecule has 0 bridgehead atoms. The van der Waals surface area contributed by atoms with Gasteiger partial charge in [-0.1, -0.05) is 39.8 Å². The number of nitrogens with two attached hydrogens (primary N) is 1. The quantitative estimate of drug-likeness (QED) is 0.561. The first kappa shape index (κ1) is 14.2. The maximum Gasteiger partial charge on any atom is 0.326 e. The Morgan fingerprint density at radius 3 is 1.93 bits per heavy atom. The average molecular weight is 213 g/mol. The predicted molar refractivity (Wildman–Crippen MR) is 62.3 cm³/mol. The second kappa shape index (κ2) is 6.62. The Kier molecular flexibility index (Phi) is 6.25. The highest BCUT2D eigenvalue weighted by Crippen LogP contribution is 2.21. The molecular weight excluding hydrogens is 190 g/mol. The lowest BCUT2D eigenvalue weighted by molar-refractivity contribution is -0.140. The van der Waals surface area contributed by atoms with Gasteiger partial charge in [0.15, 0.2) is 0 Å². The molecule has 3 nitrogen and oxygen atoms in total. The van der Waals surface area contributed by atoms with E-state index in [0.29, 0.717) is 17.8 Å². The normalized spacial score (nSPS) is 14.2. The van der Waals surface area contributed by atoms with E-state index in [1.165, 1.54) is 7.11 Å². The van der Waals surface area contributed by atoms with Gasteiger partial charge in [-0.15, -0.1) is 0 Å². The topological polar surface area (TPSA) is 52.3 Å². The molecule has 0 amide bonds. The summed E-state index contributed by atoms with van der Waals surface area (Å²) in [6.45, 7) is 8.66. The van der Waals surface area contributed by atoms with Crippen LogP contribution < -0.4 is 5.73 Å². The average Bonchev–Trinajstić information content (AvgIpc) is 2.15. The Morgan fingerprint density at radius 1 is 1.13 bits per heavy atom. The molecule has 0 aliphatic carbocycles. The zero-order valence-corrected chi connectivity index (χ0v) is 10.4. The Labute approximate surface area is 92.7 Å². The minimum atomic E-state index is -0.644. The molecule has 15 heavy (non-hydrogen) atoms. The number of carbonyl (C=O) groups excluding carboxylic acids is 1. The van der Waals surface area contributed by atoms with E-state index in [-0.39, 0.29) is 0 Å². The van der Waals surface area contributed by atoms with Crippen molar-refractivity contribution < 1.29 is 9.53 Å². The van der Waals surface area contributed by atoms with Gasteiger partial charge in [0.2, 0.25) is 0 Å². The second-order valence-corrected chi connectivity index (χ2v) is 4.50. The molecule has 0 saturated carbocycles. The monoisotopic (exact) mass is 213 g/mol. The zero-order chi connectivity index (χ0) is 12.0. The Bertz CT molecular complexity index is 214. The molecule has 3 heteroatoms. The Hall–Kier alpha value is -0.830. The first-order chi connectivity index (χ1) is 6.90. The van der Waals surface area contributed by atoms with Crippen molar-refractivity contribution >= 4 is 5.97 Å². The third-order valence-electron chi connectivity index (χ3n) is 2.55. The SMILES string of the molecule is COC(=O)C(N)/C=C/C(C(C)C)C(C)C. The highest BCUT2D eigenvalue weighted by molar-refractivity contribution is 5.77. The molecule has 0 saturated heterocycles. The van der Waals surface area contributed by atoms with E-state index < -0.39 is 12.0 Å². The van der Waals surface area contributed by atoms with Gasteiger partial charge in [0.05, 0.1) is 7.11 Å². The van der Waals surface area contributed by atoms with Gasteiger partial charge in [-0.05, 0) is 17.8 Å². The molecule has 1 atom stereocenters. The number of ether oxygens (including phenoxy) is 1. The van der Waals surface area contributed by atoms with Gasteiger partial charge >= 0.3 is 5.97 Å². The second-order valence-electron chi connectivity index (χ2n) is 4.50. The van der Waals surface area contributed by atoms with Gasteiger partial charge in [-0.3, -0.25) is 4.79 Å². The van der Waals surface area contributed by atoms with Gasteiger partial charge in [0.25, 0.3) is 0 Å². The predicted octanol–water partition coefficient (Wildman–Crippen LogP) is 1.97. The van der Waals surface area contributed by atoms with Crippen LogP contribution in [0, 0.1) is 17.8 Å². The molecule has 0 fully saturated rings. The highest BCUT2D eigenvalue weighted by atomic mass is 16.5. The zero-order valence-electron chi connectivity index (χ0n) is 10.4. The fourth-order valence-corrected chi connectivity index (χ4v) is 1.68. The molecule has 0 rings (SSSR count). The van der Waals surface area contributed by atoms with E-state index in [1.807, 2.05) is 6.08 Å². The van der Waals surface area contributed by atoms with Crippen LogP contribution in [0.3, 0.4) is 0 Å². The molecule has 1 unspecified atom stereocenters. The molecule has 0 aromatic rings. The van der Waals surface area contributed by atoms with Crippen LogP contribution in [0.25, 0.3) is 0 Å². The Balaban J connectivity index is 4.40. The van der Waals surface area contributed by atoms with Crippen molar-refractivity contribution in [2.45, 2.75) is 33.7 Å². The maximum absolute atomic E-state index is 11.1. The maximum atomic E-state index is 11.1. The van der Waals surface area contributed by atoms with E-state index in [4.69, 9.17) is 5.73 Å². The first-order valence-corrected chi connectivity index (χ1v) is 5.41. The summed E-state index contributed by atoms with van der Waals surface area (Å²) < 4.78 is 4.55. The standard InChI is InChI=1S/C12H23NO2/c1-8(2)10(9(3)4)6-7-11(13)12(14)15-5/h6-11H,13H2,1-5H3/b7-6+. The molecule has 0 heterocycles. The third-order valence-corrected chi connectivity index (χ3v) is 2.55. The van der Waals surface area contributed by atoms with Crippen LogP contribution in [0.15, 0.2) is 12.2 Å². The summed E-state index contributed by atoms with van der Waals surface area (Å²) in [4.78, 5) is 11.1. The van der Waals surface area contributed by atoms with Crippen molar-refractivity contribution in [2.24, 2.45) is 23.5 Å². The van der Waals surface area contributed by atoms with E-state index >= 15 is 0 Å².